The summed E-state index contributed by atoms with van der Waals surface area (Å²) < 4.78 is 4.99. The summed E-state index contributed by atoms with van der Waals surface area (Å²) >= 11 is 0. The fraction of sp³-hybridized carbons (Fsp3) is 0.182. The van der Waals surface area contributed by atoms with Gasteiger partial charge in [0.15, 0.2) is 0 Å². The van der Waals surface area contributed by atoms with Crippen LogP contribution in [0.5, 0.6) is 5.75 Å². The number of benzene rings is 1. The zero-order valence-corrected chi connectivity index (χ0v) is 8.15. The van der Waals surface area contributed by atoms with Crippen LogP contribution in [-0.4, -0.2) is 29.9 Å². The number of carboxylic acid groups (broad SMARTS) is 1. The lowest BCUT2D eigenvalue weighted by Gasteiger charge is -2.03. The van der Waals surface area contributed by atoms with E-state index in [1.807, 2.05) is 0 Å². The van der Waals surface area contributed by atoms with Gasteiger partial charge in [-0.2, -0.15) is 0 Å². The molecule has 4 nitrogen and oxygen atoms in total. The van der Waals surface area contributed by atoms with Crippen LogP contribution in [-0.2, 0) is 0 Å². The normalized spacial score (nSPS) is 8.93. The van der Waals surface area contributed by atoms with Crippen LogP contribution in [0.4, 0.5) is 0 Å². The first kappa shape index (κ1) is 11.1. The van der Waals surface area contributed by atoms with Crippen molar-refractivity contribution in [1.29, 1.82) is 0 Å². The maximum atomic E-state index is 10.7. The Balaban J connectivity index is 3.14. The van der Waals surface area contributed by atoms with Gasteiger partial charge in [0.25, 0.3) is 0 Å². The van der Waals surface area contributed by atoms with Crippen LogP contribution in [0.3, 0.4) is 0 Å². The highest BCUT2D eigenvalue weighted by Gasteiger charge is 2.06. The molecular weight excluding hydrogens is 196 g/mol. The van der Waals surface area contributed by atoms with Gasteiger partial charge in [-0.1, -0.05) is 11.8 Å². The molecule has 0 aliphatic heterocycles. The fourth-order valence-electron chi connectivity index (χ4n) is 1.06. The molecule has 0 atom stereocenters. The van der Waals surface area contributed by atoms with Crippen molar-refractivity contribution in [2.75, 3.05) is 13.7 Å². The van der Waals surface area contributed by atoms with E-state index in [1.165, 1.54) is 19.2 Å². The molecule has 0 aliphatic carbocycles. The Labute approximate surface area is 87.1 Å². The predicted octanol–water partition coefficient (Wildman–Crippen LogP) is 0.737. The second-order valence-corrected chi connectivity index (χ2v) is 2.68. The highest BCUT2D eigenvalue weighted by atomic mass is 16.5. The summed E-state index contributed by atoms with van der Waals surface area (Å²) in [5.74, 6) is 4.49. The quantitative estimate of drug-likeness (QED) is 0.700. The van der Waals surface area contributed by atoms with Crippen molar-refractivity contribution in [3.05, 3.63) is 29.3 Å². The van der Waals surface area contributed by atoms with Gasteiger partial charge in [0.1, 0.15) is 12.4 Å². The molecule has 1 aromatic carbocycles. The molecule has 2 N–H and O–H groups in total. The molecule has 0 saturated heterocycles. The summed E-state index contributed by atoms with van der Waals surface area (Å²) in [7, 11) is 1.44. The third-order valence-corrected chi connectivity index (χ3v) is 1.75. The Kier molecular flexibility index (Phi) is 3.72. The summed E-state index contributed by atoms with van der Waals surface area (Å²) in [5.41, 5.74) is 0.693. The average Bonchev–Trinajstić information content (AvgIpc) is 2.25. The SMILES string of the molecule is COc1cc(C(=O)O)ccc1C#CCO. The van der Waals surface area contributed by atoms with Gasteiger partial charge < -0.3 is 14.9 Å². The Morgan fingerprint density at radius 1 is 1.53 bits per heavy atom. The predicted molar refractivity (Wildman–Crippen MR) is 53.9 cm³/mol. The van der Waals surface area contributed by atoms with Gasteiger partial charge in [0.05, 0.1) is 18.2 Å². The van der Waals surface area contributed by atoms with E-state index in [0.29, 0.717) is 11.3 Å². The first-order valence-corrected chi connectivity index (χ1v) is 4.20. The molecule has 0 bridgehead atoms. The molecule has 0 saturated carbocycles. The average molecular weight is 206 g/mol. The second kappa shape index (κ2) is 5.03. The van der Waals surface area contributed by atoms with E-state index < -0.39 is 5.97 Å². The maximum Gasteiger partial charge on any atom is 0.335 e. The first-order chi connectivity index (χ1) is 7.19. The molecule has 0 fully saturated rings. The molecule has 0 unspecified atom stereocenters. The zero-order chi connectivity index (χ0) is 11.3. The van der Waals surface area contributed by atoms with Crippen LogP contribution in [0.25, 0.3) is 0 Å². The van der Waals surface area contributed by atoms with Gasteiger partial charge >= 0.3 is 5.97 Å². The molecule has 1 aromatic rings. The highest BCUT2D eigenvalue weighted by molar-refractivity contribution is 5.88. The zero-order valence-electron chi connectivity index (χ0n) is 8.15. The van der Waals surface area contributed by atoms with Crippen molar-refractivity contribution >= 4 is 5.97 Å². The molecule has 0 amide bonds. The lowest BCUT2D eigenvalue weighted by molar-refractivity contribution is 0.0696. The van der Waals surface area contributed by atoms with Gasteiger partial charge in [-0.05, 0) is 18.2 Å². The fourth-order valence-corrected chi connectivity index (χ4v) is 1.06. The molecule has 0 aromatic heterocycles. The third-order valence-electron chi connectivity index (χ3n) is 1.75. The molecule has 4 heteroatoms. The van der Waals surface area contributed by atoms with E-state index in [1.54, 1.807) is 6.07 Å². The molecule has 1 rings (SSSR count). The minimum atomic E-state index is -1.02. The minimum absolute atomic E-state index is 0.140. The van der Waals surface area contributed by atoms with E-state index in [0.717, 1.165) is 0 Å². The summed E-state index contributed by atoms with van der Waals surface area (Å²) in [5, 5.41) is 17.3. The van der Waals surface area contributed by atoms with Gasteiger partial charge in [0.2, 0.25) is 0 Å². The smallest absolute Gasteiger partial charge is 0.335 e. The lowest BCUT2D eigenvalue weighted by atomic mass is 10.1. The van der Waals surface area contributed by atoms with E-state index >= 15 is 0 Å². The number of aromatic carboxylic acids is 1. The summed E-state index contributed by atoms with van der Waals surface area (Å²) in [6, 6.07) is 4.38. The number of aliphatic hydroxyl groups is 1. The maximum absolute atomic E-state index is 10.7. The summed E-state index contributed by atoms with van der Waals surface area (Å²) in [6.07, 6.45) is 0. The summed E-state index contributed by atoms with van der Waals surface area (Å²) in [6.45, 7) is -0.246. The van der Waals surface area contributed by atoms with E-state index in [9.17, 15) is 4.79 Å². The van der Waals surface area contributed by atoms with Gasteiger partial charge in [-0.3, -0.25) is 0 Å². The number of aliphatic hydroxyl groups excluding tert-OH is 1. The minimum Gasteiger partial charge on any atom is -0.495 e. The van der Waals surface area contributed by atoms with E-state index in [-0.39, 0.29) is 12.2 Å². The van der Waals surface area contributed by atoms with Crippen molar-refractivity contribution in [2.24, 2.45) is 0 Å². The number of hydrogen-bond donors (Lipinski definition) is 2. The van der Waals surface area contributed by atoms with Crippen molar-refractivity contribution in [2.45, 2.75) is 0 Å². The van der Waals surface area contributed by atoms with Crippen LogP contribution >= 0.6 is 0 Å². The molecule has 0 spiro atoms. The first-order valence-electron chi connectivity index (χ1n) is 4.20. The number of methoxy groups -OCH3 is 1. The molecular formula is C11H10O4. The Bertz CT molecular complexity index is 426. The van der Waals surface area contributed by atoms with Crippen LogP contribution in [0.1, 0.15) is 15.9 Å². The number of rotatable bonds is 2. The van der Waals surface area contributed by atoms with Crippen molar-refractivity contribution < 1.29 is 19.7 Å². The molecule has 0 aliphatic rings. The van der Waals surface area contributed by atoms with Crippen molar-refractivity contribution in [1.82, 2.24) is 0 Å². The van der Waals surface area contributed by atoms with Gasteiger partial charge in [-0.15, -0.1) is 0 Å². The number of carbonyl (C=O) groups is 1. The summed E-state index contributed by atoms with van der Waals surface area (Å²) in [4.78, 5) is 10.7. The second-order valence-electron chi connectivity index (χ2n) is 2.68. The van der Waals surface area contributed by atoms with Crippen molar-refractivity contribution in [3.63, 3.8) is 0 Å². The van der Waals surface area contributed by atoms with Gasteiger partial charge in [-0.25, -0.2) is 4.79 Å². The molecule has 0 heterocycles. The van der Waals surface area contributed by atoms with E-state index in [4.69, 9.17) is 14.9 Å². The molecule has 15 heavy (non-hydrogen) atoms. The van der Waals surface area contributed by atoms with Crippen LogP contribution in [0, 0.1) is 11.8 Å². The Morgan fingerprint density at radius 3 is 2.80 bits per heavy atom. The third kappa shape index (κ3) is 2.73. The van der Waals surface area contributed by atoms with Crippen LogP contribution in [0.2, 0.25) is 0 Å². The topological polar surface area (TPSA) is 66.8 Å². The largest absolute Gasteiger partial charge is 0.495 e. The number of ether oxygens (including phenoxy) is 1. The Hall–Kier alpha value is -1.99. The van der Waals surface area contributed by atoms with Crippen LogP contribution in [0.15, 0.2) is 18.2 Å². The Morgan fingerprint density at radius 2 is 2.27 bits per heavy atom. The standard InChI is InChI=1S/C11H10O4/c1-15-10-7-9(11(13)14)5-4-8(10)3-2-6-12/h4-5,7,12H,6H2,1H3,(H,13,14). The monoisotopic (exact) mass is 206 g/mol. The number of hydrogen-bond acceptors (Lipinski definition) is 3. The lowest BCUT2D eigenvalue weighted by Crippen LogP contribution is -1.98. The van der Waals surface area contributed by atoms with Gasteiger partial charge in [0, 0.05) is 0 Å². The number of carboxylic acids is 1. The molecule has 78 valence electrons. The van der Waals surface area contributed by atoms with Crippen molar-refractivity contribution in [3.8, 4) is 17.6 Å². The van der Waals surface area contributed by atoms with Crippen LogP contribution < -0.4 is 4.74 Å². The highest BCUT2D eigenvalue weighted by Crippen LogP contribution is 2.19. The molecule has 0 radical (unpaired) electrons. The van der Waals surface area contributed by atoms with E-state index in [2.05, 4.69) is 11.8 Å².